The molecule has 0 saturated carbocycles. The van der Waals surface area contributed by atoms with Crippen LogP contribution in [0.2, 0.25) is 0 Å². The van der Waals surface area contributed by atoms with Crippen molar-refractivity contribution in [2.75, 3.05) is 0 Å². The Morgan fingerprint density at radius 2 is 1.81 bits per heavy atom. The molecule has 0 fully saturated rings. The van der Waals surface area contributed by atoms with Crippen molar-refractivity contribution in [1.82, 2.24) is 0 Å². The third-order valence-corrected chi connectivity index (χ3v) is 5.74. The molecule has 0 heterocycles. The van der Waals surface area contributed by atoms with Crippen molar-refractivity contribution >= 4 is 12.0 Å². The Morgan fingerprint density at radius 1 is 1.16 bits per heavy atom. The van der Waals surface area contributed by atoms with E-state index >= 15 is 0 Å². The summed E-state index contributed by atoms with van der Waals surface area (Å²) < 4.78 is 6.15. The van der Waals surface area contributed by atoms with E-state index in [1.807, 2.05) is 46.8 Å². The minimum absolute atomic E-state index is 0.0542. The van der Waals surface area contributed by atoms with Crippen LogP contribution in [0.25, 0.3) is 6.08 Å². The van der Waals surface area contributed by atoms with Gasteiger partial charge in [-0.3, -0.25) is 4.79 Å². The highest BCUT2D eigenvalue weighted by Gasteiger charge is 2.30. The molecule has 6 nitrogen and oxygen atoms in total. The Bertz CT molecular complexity index is 740. The molecule has 2 unspecified atom stereocenters. The van der Waals surface area contributed by atoms with Gasteiger partial charge < -0.3 is 25.2 Å². The van der Waals surface area contributed by atoms with Crippen LogP contribution in [0.4, 0.5) is 0 Å². The van der Waals surface area contributed by atoms with E-state index in [0.29, 0.717) is 0 Å². The average molecular weight is 437 g/mol. The monoisotopic (exact) mass is 436 g/mol. The maximum Gasteiger partial charge on any atom is 0.305 e. The number of benzene rings is 1. The lowest BCUT2D eigenvalue weighted by Gasteiger charge is -2.33. The number of carboxylic acids is 1. The molecule has 176 valence electrons. The number of hydrogen-bond donors (Lipinski definition) is 4. The highest BCUT2D eigenvalue weighted by Crippen LogP contribution is 2.35. The maximum atomic E-state index is 10.7. The summed E-state index contributed by atoms with van der Waals surface area (Å²) in [6, 6.07) is 4.09. The number of carbonyl (C=O) groups is 1. The molecule has 1 rings (SSSR count). The largest absolute Gasteiger partial charge is 0.481 e. The van der Waals surface area contributed by atoms with Gasteiger partial charge >= 0.3 is 5.97 Å². The predicted octanol–water partition coefficient (Wildman–Crippen LogP) is 4.52. The molecule has 0 spiro atoms. The minimum atomic E-state index is -1.11. The standard InChI is InChI=1S/C25H40O6/c1-7-9-22(31-24(30)25(5,6)8-2)21-13-16(3)12-17(4)20(21)11-10-18(26)14-19(27)15-23(28)29/h10-13,18-19,22,24,26-27,30H,7-9,14-15H2,1-6H3,(H,28,29)/b11-10+/t18-,19-,22?,24?/m1/s1. The van der Waals surface area contributed by atoms with Gasteiger partial charge in [-0.15, -0.1) is 0 Å². The molecule has 0 aliphatic carbocycles. The zero-order valence-electron chi connectivity index (χ0n) is 19.8. The van der Waals surface area contributed by atoms with Crippen LogP contribution < -0.4 is 0 Å². The number of aliphatic hydroxyl groups excluding tert-OH is 3. The summed E-state index contributed by atoms with van der Waals surface area (Å²) in [5.41, 5.74) is 3.56. The minimum Gasteiger partial charge on any atom is -0.481 e. The van der Waals surface area contributed by atoms with Crippen molar-refractivity contribution in [3.63, 3.8) is 0 Å². The highest BCUT2D eigenvalue weighted by molar-refractivity contribution is 5.67. The Morgan fingerprint density at radius 3 is 2.35 bits per heavy atom. The van der Waals surface area contributed by atoms with Crippen molar-refractivity contribution in [3.8, 4) is 0 Å². The van der Waals surface area contributed by atoms with Gasteiger partial charge in [0, 0.05) is 11.8 Å². The first-order valence-electron chi connectivity index (χ1n) is 11.1. The SMILES string of the molecule is CCCC(OC(O)C(C)(C)CC)c1cc(C)cc(C)c1/C=C/[C@@H](O)C[C@@H](O)CC(=O)O. The van der Waals surface area contributed by atoms with E-state index in [1.54, 1.807) is 12.2 Å². The molecule has 4 atom stereocenters. The lowest BCUT2D eigenvalue weighted by molar-refractivity contribution is -0.196. The third-order valence-electron chi connectivity index (χ3n) is 5.74. The van der Waals surface area contributed by atoms with Gasteiger partial charge in [0.25, 0.3) is 0 Å². The molecule has 0 radical (unpaired) electrons. The fourth-order valence-electron chi connectivity index (χ4n) is 3.43. The van der Waals surface area contributed by atoms with Crippen LogP contribution in [0.5, 0.6) is 0 Å². The number of hydrogen-bond acceptors (Lipinski definition) is 5. The van der Waals surface area contributed by atoms with Crippen molar-refractivity contribution < 1.29 is 30.0 Å². The second-order valence-electron chi connectivity index (χ2n) is 9.11. The maximum absolute atomic E-state index is 10.7. The van der Waals surface area contributed by atoms with Crippen molar-refractivity contribution in [1.29, 1.82) is 0 Å². The van der Waals surface area contributed by atoms with Crippen LogP contribution in [0.15, 0.2) is 18.2 Å². The molecule has 1 aromatic carbocycles. The first-order chi connectivity index (χ1) is 14.4. The smallest absolute Gasteiger partial charge is 0.305 e. The third kappa shape index (κ3) is 8.73. The molecule has 0 amide bonds. The van der Waals surface area contributed by atoms with Crippen LogP contribution in [0.3, 0.4) is 0 Å². The van der Waals surface area contributed by atoms with E-state index < -0.39 is 30.9 Å². The van der Waals surface area contributed by atoms with Gasteiger partial charge in [-0.25, -0.2) is 0 Å². The molecule has 0 aliphatic heterocycles. The van der Waals surface area contributed by atoms with Crippen LogP contribution in [-0.4, -0.2) is 44.9 Å². The molecule has 0 bridgehead atoms. The molecule has 0 aromatic heterocycles. The molecular formula is C25H40O6. The van der Waals surface area contributed by atoms with Gasteiger partial charge in [0.15, 0.2) is 6.29 Å². The number of rotatable bonds is 13. The van der Waals surface area contributed by atoms with Gasteiger partial charge in [-0.2, -0.15) is 0 Å². The number of aliphatic hydroxyl groups is 3. The van der Waals surface area contributed by atoms with Crippen LogP contribution in [-0.2, 0) is 9.53 Å². The van der Waals surface area contributed by atoms with Gasteiger partial charge in [0.1, 0.15) is 0 Å². The summed E-state index contributed by atoms with van der Waals surface area (Å²) >= 11 is 0. The van der Waals surface area contributed by atoms with Crippen molar-refractivity contribution in [2.45, 2.75) is 98.2 Å². The number of aryl methyl sites for hydroxylation is 2. The average Bonchev–Trinajstić information content (AvgIpc) is 2.65. The first-order valence-corrected chi connectivity index (χ1v) is 11.1. The Kier molecular flexibility index (Phi) is 10.9. The topological polar surface area (TPSA) is 107 Å². The van der Waals surface area contributed by atoms with E-state index in [1.165, 1.54) is 0 Å². The highest BCUT2D eigenvalue weighted by atomic mass is 16.6. The molecular weight excluding hydrogens is 396 g/mol. The zero-order valence-corrected chi connectivity index (χ0v) is 19.8. The lowest BCUT2D eigenvalue weighted by atomic mass is 9.88. The van der Waals surface area contributed by atoms with Gasteiger partial charge in [0.05, 0.1) is 24.7 Å². The van der Waals surface area contributed by atoms with E-state index in [0.717, 1.165) is 41.5 Å². The fourth-order valence-corrected chi connectivity index (χ4v) is 3.43. The van der Waals surface area contributed by atoms with E-state index in [-0.39, 0.29) is 17.9 Å². The summed E-state index contributed by atoms with van der Waals surface area (Å²) in [5, 5.41) is 39.5. The number of aliphatic carboxylic acids is 1. The van der Waals surface area contributed by atoms with Gasteiger partial charge in [-0.1, -0.05) is 64.0 Å². The quantitative estimate of drug-likeness (QED) is 0.339. The summed E-state index contributed by atoms with van der Waals surface area (Å²) in [6.07, 6.45) is 1.99. The molecule has 4 N–H and O–H groups in total. The molecule has 31 heavy (non-hydrogen) atoms. The summed E-state index contributed by atoms with van der Waals surface area (Å²) in [5.74, 6) is -1.10. The Hall–Kier alpha value is -1.73. The summed E-state index contributed by atoms with van der Waals surface area (Å²) in [4.78, 5) is 10.7. The normalized spacial score (nSPS) is 16.3. The van der Waals surface area contributed by atoms with Crippen molar-refractivity contribution in [3.05, 3.63) is 40.5 Å². The fraction of sp³-hybridized carbons (Fsp3) is 0.640. The van der Waals surface area contributed by atoms with Crippen LogP contribution >= 0.6 is 0 Å². The first kappa shape index (κ1) is 27.3. The Balaban J connectivity index is 3.20. The molecule has 6 heteroatoms. The predicted molar refractivity (Wildman–Crippen MR) is 123 cm³/mol. The van der Waals surface area contributed by atoms with Crippen molar-refractivity contribution in [2.24, 2.45) is 5.41 Å². The number of carboxylic acid groups (broad SMARTS) is 1. The Labute approximate surface area is 186 Å². The zero-order chi connectivity index (χ0) is 23.8. The summed E-state index contributed by atoms with van der Waals surface area (Å²) in [6.45, 7) is 12.0. The molecule has 1 aromatic rings. The van der Waals surface area contributed by atoms with Gasteiger partial charge in [-0.05, 0) is 43.4 Å². The van der Waals surface area contributed by atoms with Crippen LogP contribution in [0.1, 0.15) is 88.2 Å². The lowest BCUT2D eigenvalue weighted by Crippen LogP contribution is -2.32. The van der Waals surface area contributed by atoms with E-state index in [2.05, 4.69) is 6.92 Å². The summed E-state index contributed by atoms with van der Waals surface area (Å²) in [7, 11) is 0. The second kappa shape index (κ2) is 12.3. The van der Waals surface area contributed by atoms with E-state index in [9.17, 15) is 20.1 Å². The molecule has 0 aliphatic rings. The van der Waals surface area contributed by atoms with Gasteiger partial charge in [0.2, 0.25) is 0 Å². The second-order valence-corrected chi connectivity index (χ2v) is 9.11. The van der Waals surface area contributed by atoms with Crippen LogP contribution in [0, 0.1) is 19.3 Å². The number of ether oxygens (including phenoxy) is 1. The van der Waals surface area contributed by atoms with E-state index in [4.69, 9.17) is 9.84 Å². The molecule has 0 saturated heterocycles.